The first kappa shape index (κ1) is 17.9. The molecule has 26 heavy (non-hydrogen) atoms. The Kier molecular flexibility index (Phi) is 4.90. The van der Waals surface area contributed by atoms with Gasteiger partial charge in [0.05, 0.1) is 5.69 Å². The summed E-state index contributed by atoms with van der Waals surface area (Å²) < 4.78 is 55.3. The summed E-state index contributed by atoms with van der Waals surface area (Å²) in [6.07, 6.45) is -4.54. The number of nitrogens with two attached hydrogens (primary N) is 1. The van der Waals surface area contributed by atoms with E-state index in [9.17, 15) is 17.6 Å². The van der Waals surface area contributed by atoms with Gasteiger partial charge >= 0.3 is 6.36 Å². The first-order valence-corrected chi connectivity index (χ1v) is 7.58. The van der Waals surface area contributed by atoms with Crippen molar-refractivity contribution in [2.75, 3.05) is 6.54 Å². The first-order chi connectivity index (χ1) is 12.4. The smallest absolute Gasteiger partial charge is 0.406 e. The van der Waals surface area contributed by atoms with Crippen molar-refractivity contribution in [2.45, 2.75) is 12.5 Å². The third kappa shape index (κ3) is 4.17. The summed E-state index contributed by atoms with van der Waals surface area (Å²) in [5.41, 5.74) is 6.95. The Morgan fingerprint density at radius 2 is 1.69 bits per heavy atom. The van der Waals surface area contributed by atoms with E-state index in [2.05, 4.69) is 14.8 Å². The van der Waals surface area contributed by atoms with Crippen LogP contribution in [0.3, 0.4) is 0 Å². The van der Waals surface area contributed by atoms with Gasteiger partial charge in [-0.05, 0) is 29.8 Å². The second-order valence-corrected chi connectivity index (χ2v) is 5.38. The maximum atomic E-state index is 13.5. The predicted octanol–water partition coefficient (Wildman–Crippen LogP) is 3.80. The first-order valence-electron chi connectivity index (χ1n) is 7.58. The largest absolute Gasteiger partial charge is 0.573 e. The third-order valence-corrected chi connectivity index (χ3v) is 3.56. The van der Waals surface area contributed by atoms with Crippen LogP contribution in [-0.4, -0.2) is 27.7 Å². The van der Waals surface area contributed by atoms with Crippen molar-refractivity contribution in [3.05, 3.63) is 60.4 Å². The lowest BCUT2D eigenvalue weighted by Gasteiger charge is -2.09. The SMILES string of the molecule is NCC(F)c1ccc(-c2ncn(-c3ccc(OC(F)(F)F)cc3)n2)cc1. The quantitative estimate of drug-likeness (QED) is 0.698. The monoisotopic (exact) mass is 366 g/mol. The van der Waals surface area contributed by atoms with Crippen molar-refractivity contribution in [2.24, 2.45) is 5.73 Å². The van der Waals surface area contributed by atoms with Gasteiger partial charge in [-0.25, -0.2) is 14.1 Å². The number of rotatable bonds is 5. The Morgan fingerprint density at radius 3 is 2.27 bits per heavy atom. The molecule has 1 aromatic heterocycles. The summed E-state index contributed by atoms with van der Waals surface area (Å²) in [4.78, 5) is 4.16. The summed E-state index contributed by atoms with van der Waals surface area (Å²) in [6.45, 7) is -0.0970. The second kappa shape index (κ2) is 7.12. The molecule has 0 spiro atoms. The number of halogens is 4. The van der Waals surface area contributed by atoms with Crippen LogP contribution in [0.25, 0.3) is 17.1 Å². The molecule has 1 heterocycles. The molecule has 1 atom stereocenters. The molecule has 0 bridgehead atoms. The summed E-state index contributed by atoms with van der Waals surface area (Å²) in [6, 6.07) is 11.8. The van der Waals surface area contributed by atoms with Crippen LogP contribution in [0.4, 0.5) is 17.6 Å². The molecule has 2 aromatic carbocycles. The fourth-order valence-corrected chi connectivity index (χ4v) is 2.30. The molecule has 5 nitrogen and oxygen atoms in total. The normalized spacial score (nSPS) is 12.8. The molecule has 0 saturated carbocycles. The standard InChI is InChI=1S/C17H14F4N4O/c18-15(9-22)11-1-3-12(4-2-11)16-23-10-25(24-16)13-5-7-14(8-6-13)26-17(19,20)21/h1-8,10,15H,9,22H2. The highest BCUT2D eigenvalue weighted by Gasteiger charge is 2.31. The van der Waals surface area contributed by atoms with Gasteiger partial charge < -0.3 is 10.5 Å². The molecule has 3 rings (SSSR count). The molecular weight excluding hydrogens is 352 g/mol. The van der Waals surface area contributed by atoms with Gasteiger partial charge in [0.15, 0.2) is 5.82 Å². The molecule has 0 saturated heterocycles. The number of ether oxygens (including phenoxy) is 1. The Hall–Kier alpha value is -2.94. The molecular formula is C17H14F4N4O. The minimum atomic E-state index is -4.74. The predicted molar refractivity (Wildman–Crippen MR) is 86.4 cm³/mol. The average molecular weight is 366 g/mol. The number of nitrogens with zero attached hydrogens (tertiary/aromatic N) is 3. The van der Waals surface area contributed by atoms with E-state index in [0.29, 0.717) is 22.6 Å². The zero-order chi connectivity index (χ0) is 18.7. The van der Waals surface area contributed by atoms with Gasteiger partial charge in [-0.15, -0.1) is 18.3 Å². The lowest BCUT2D eigenvalue weighted by molar-refractivity contribution is -0.274. The molecule has 0 radical (unpaired) electrons. The van der Waals surface area contributed by atoms with Gasteiger partial charge in [0.1, 0.15) is 18.2 Å². The average Bonchev–Trinajstić information content (AvgIpc) is 3.10. The molecule has 0 aliphatic heterocycles. The van der Waals surface area contributed by atoms with Gasteiger partial charge in [-0.1, -0.05) is 24.3 Å². The molecule has 2 N–H and O–H groups in total. The molecule has 3 aromatic rings. The summed E-state index contributed by atoms with van der Waals surface area (Å²) in [7, 11) is 0. The van der Waals surface area contributed by atoms with Crippen molar-refractivity contribution in [3.63, 3.8) is 0 Å². The fourth-order valence-electron chi connectivity index (χ4n) is 2.30. The van der Waals surface area contributed by atoms with Gasteiger partial charge in [-0.3, -0.25) is 0 Å². The Bertz CT molecular complexity index is 860. The molecule has 0 aliphatic rings. The van der Waals surface area contributed by atoms with Gasteiger partial charge in [0, 0.05) is 12.1 Å². The van der Waals surface area contributed by atoms with Crippen LogP contribution in [-0.2, 0) is 0 Å². The molecule has 136 valence electrons. The van der Waals surface area contributed by atoms with Crippen molar-refractivity contribution in [3.8, 4) is 22.8 Å². The van der Waals surface area contributed by atoms with Crippen molar-refractivity contribution in [1.82, 2.24) is 14.8 Å². The summed E-state index contributed by atoms with van der Waals surface area (Å²) in [5.74, 6) is 0.0770. The summed E-state index contributed by atoms with van der Waals surface area (Å²) >= 11 is 0. The summed E-state index contributed by atoms with van der Waals surface area (Å²) in [5, 5.41) is 4.27. The molecule has 0 fully saturated rings. The lowest BCUT2D eigenvalue weighted by Crippen LogP contribution is -2.17. The van der Waals surface area contributed by atoms with E-state index in [1.165, 1.54) is 35.3 Å². The van der Waals surface area contributed by atoms with E-state index in [1.54, 1.807) is 24.3 Å². The Labute approximate surface area is 146 Å². The van der Waals surface area contributed by atoms with E-state index in [0.717, 1.165) is 0 Å². The Morgan fingerprint density at radius 1 is 1.04 bits per heavy atom. The minimum absolute atomic E-state index is 0.0970. The zero-order valence-electron chi connectivity index (χ0n) is 13.3. The van der Waals surface area contributed by atoms with E-state index in [4.69, 9.17) is 5.73 Å². The van der Waals surface area contributed by atoms with Crippen LogP contribution in [0, 0.1) is 0 Å². The van der Waals surface area contributed by atoms with E-state index < -0.39 is 12.5 Å². The van der Waals surface area contributed by atoms with Crippen molar-refractivity contribution in [1.29, 1.82) is 0 Å². The fraction of sp³-hybridized carbons (Fsp3) is 0.176. The van der Waals surface area contributed by atoms with Crippen LogP contribution < -0.4 is 10.5 Å². The van der Waals surface area contributed by atoms with Crippen LogP contribution in [0.2, 0.25) is 0 Å². The van der Waals surface area contributed by atoms with E-state index in [-0.39, 0.29) is 12.3 Å². The van der Waals surface area contributed by atoms with Crippen molar-refractivity contribution < 1.29 is 22.3 Å². The highest BCUT2D eigenvalue weighted by molar-refractivity contribution is 5.55. The highest BCUT2D eigenvalue weighted by Crippen LogP contribution is 2.24. The highest BCUT2D eigenvalue weighted by atomic mass is 19.4. The number of alkyl halides is 4. The number of aromatic nitrogens is 3. The lowest BCUT2D eigenvalue weighted by atomic mass is 10.1. The van der Waals surface area contributed by atoms with Gasteiger partial charge in [-0.2, -0.15) is 0 Å². The van der Waals surface area contributed by atoms with Crippen LogP contribution in [0.5, 0.6) is 5.75 Å². The van der Waals surface area contributed by atoms with E-state index >= 15 is 0 Å². The number of hydrogen-bond acceptors (Lipinski definition) is 4. The van der Waals surface area contributed by atoms with Gasteiger partial charge in [0.2, 0.25) is 0 Å². The third-order valence-electron chi connectivity index (χ3n) is 3.56. The molecule has 0 amide bonds. The zero-order valence-corrected chi connectivity index (χ0v) is 13.3. The number of benzene rings is 2. The molecule has 9 heteroatoms. The van der Waals surface area contributed by atoms with Crippen molar-refractivity contribution >= 4 is 0 Å². The molecule has 1 unspecified atom stereocenters. The van der Waals surface area contributed by atoms with Crippen LogP contribution in [0.15, 0.2) is 54.9 Å². The minimum Gasteiger partial charge on any atom is -0.406 e. The maximum Gasteiger partial charge on any atom is 0.573 e. The van der Waals surface area contributed by atoms with Gasteiger partial charge in [0.25, 0.3) is 0 Å². The van der Waals surface area contributed by atoms with Crippen LogP contribution in [0.1, 0.15) is 11.7 Å². The topological polar surface area (TPSA) is 66.0 Å². The Balaban J connectivity index is 1.77. The second-order valence-electron chi connectivity index (χ2n) is 5.38. The van der Waals surface area contributed by atoms with E-state index in [1.807, 2.05) is 0 Å². The van der Waals surface area contributed by atoms with Crippen LogP contribution >= 0.6 is 0 Å². The number of hydrogen-bond donors (Lipinski definition) is 1. The maximum absolute atomic E-state index is 13.5. The molecule has 0 aliphatic carbocycles.